The van der Waals surface area contributed by atoms with Crippen LogP contribution in [0.5, 0.6) is 0 Å². The van der Waals surface area contributed by atoms with Crippen molar-refractivity contribution < 1.29 is 4.79 Å². The molecular formula is C6H8AsNaO. The van der Waals surface area contributed by atoms with Gasteiger partial charge in [-0.3, -0.25) is 0 Å². The monoisotopic (exact) mass is 194 g/mol. The quantitative estimate of drug-likeness (QED) is 0.527. The van der Waals surface area contributed by atoms with E-state index in [9.17, 15) is 4.79 Å². The predicted molar refractivity (Wildman–Crippen MR) is 42.2 cm³/mol. The molecule has 0 aromatic heterocycles. The van der Waals surface area contributed by atoms with Crippen molar-refractivity contribution in [1.82, 2.24) is 0 Å². The topological polar surface area (TPSA) is 17.1 Å². The van der Waals surface area contributed by atoms with E-state index >= 15 is 0 Å². The van der Waals surface area contributed by atoms with Gasteiger partial charge in [0, 0.05) is 0 Å². The fourth-order valence-electron chi connectivity index (χ4n) is 0.549. The number of carbonyl (C=O) groups excluding carboxylic acids is 1. The molecule has 0 radical (unpaired) electrons. The molecule has 1 unspecified atom stereocenters. The number of hydrogen-bond acceptors (Lipinski definition) is 1. The van der Waals surface area contributed by atoms with Gasteiger partial charge in [0.25, 0.3) is 0 Å². The van der Waals surface area contributed by atoms with Crippen LogP contribution < -0.4 is 0 Å². The molecule has 0 amide bonds. The average Bonchev–Trinajstić information content (AvgIpc) is 2.12. The molecule has 0 saturated heterocycles. The van der Waals surface area contributed by atoms with Gasteiger partial charge in [-0.2, -0.15) is 0 Å². The van der Waals surface area contributed by atoms with Crippen LogP contribution >= 0.6 is 0 Å². The van der Waals surface area contributed by atoms with Gasteiger partial charge in [0.15, 0.2) is 0 Å². The first-order chi connectivity index (χ1) is 3.80. The number of Topliss-reactive ketones (excluding diaryl/α,β-unsaturated/α-hetero) is 1. The maximum atomic E-state index is 10.6. The standard InChI is InChI=1S/C6H7AsO.Na.H/c1-5(8)6-3-2-4-7-6;;/h2-4,7H,1H3;;. The van der Waals surface area contributed by atoms with Crippen molar-refractivity contribution in [3.05, 3.63) is 21.4 Å². The number of rotatable bonds is 1. The summed E-state index contributed by atoms with van der Waals surface area (Å²) in [4.78, 5) is 12.7. The summed E-state index contributed by atoms with van der Waals surface area (Å²) in [6.07, 6.45) is 3.89. The van der Waals surface area contributed by atoms with Crippen LogP contribution in [0.1, 0.15) is 6.92 Å². The van der Waals surface area contributed by atoms with Crippen LogP contribution in [0.3, 0.4) is 0 Å². The molecule has 1 nitrogen and oxygen atoms in total. The molecule has 0 aromatic rings. The molecule has 0 aliphatic carbocycles. The van der Waals surface area contributed by atoms with Gasteiger partial charge >= 0.3 is 84.2 Å². The van der Waals surface area contributed by atoms with Gasteiger partial charge in [-0.25, -0.2) is 0 Å². The number of allylic oxidation sites excluding steroid dienone is 3. The van der Waals surface area contributed by atoms with Crippen molar-refractivity contribution in [2.45, 2.75) is 6.92 Å². The van der Waals surface area contributed by atoms with E-state index in [2.05, 4.69) is 4.86 Å². The summed E-state index contributed by atoms with van der Waals surface area (Å²) in [5, 5.41) is 0. The van der Waals surface area contributed by atoms with Crippen LogP contribution in [0.4, 0.5) is 0 Å². The van der Waals surface area contributed by atoms with Gasteiger partial charge in [-0.1, -0.05) is 0 Å². The molecular weight excluding hydrogens is 186 g/mol. The summed E-state index contributed by atoms with van der Waals surface area (Å²) < 4.78 is 1.05. The molecule has 1 aliphatic rings. The molecule has 3 heteroatoms. The molecule has 1 heterocycles. The third-order valence-electron chi connectivity index (χ3n) is 0.977. The average molecular weight is 194 g/mol. The van der Waals surface area contributed by atoms with Crippen LogP contribution in [0.2, 0.25) is 0 Å². The van der Waals surface area contributed by atoms with Crippen molar-refractivity contribution in [2.75, 3.05) is 0 Å². The fourth-order valence-corrected chi connectivity index (χ4v) is 2.16. The maximum absolute atomic E-state index is 10.6. The van der Waals surface area contributed by atoms with Crippen molar-refractivity contribution in [3.63, 3.8) is 0 Å². The van der Waals surface area contributed by atoms with Crippen molar-refractivity contribution >= 4 is 51.1 Å². The van der Waals surface area contributed by atoms with Crippen LogP contribution in [0, 0.1) is 0 Å². The van der Waals surface area contributed by atoms with Crippen LogP contribution in [-0.2, 0) is 4.79 Å². The van der Waals surface area contributed by atoms with E-state index in [0.29, 0.717) is 0 Å². The van der Waals surface area contributed by atoms with Crippen LogP contribution in [0.15, 0.2) is 21.4 Å². The van der Waals surface area contributed by atoms with Crippen LogP contribution in [0.25, 0.3) is 0 Å². The summed E-state index contributed by atoms with van der Waals surface area (Å²) >= 11 is -0.150. The second-order valence-corrected chi connectivity index (χ2v) is 4.08. The second-order valence-electron chi connectivity index (χ2n) is 1.64. The molecule has 9 heavy (non-hydrogen) atoms. The van der Waals surface area contributed by atoms with Gasteiger partial charge in [-0.05, 0) is 0 Å². The molecule has 44 valence electrons. The van der Waals surface area contributed by atoms with Crippen LogP contribution in [-0.4, -0.2) is 51.1 Å². The molecule has 0 aromatic carbocycles. The van der Waals surface area contributed by atoms with Gasteiger partial charge in [-0.15, -0.1) is 0 Å². The summed E-state index contributed by atoms with van der Waals surface area (Å²) in [6.45, 7) is 1.63. The van der Waals surface area contributed by atoms with E-state index in [-0.39, 0.29) is 51.1 Å². The molecule has 0 saturated carbocycles. The number of ketones is 1. The Morgan fingerprint density at radius 1 is 1.67 bits per heavy atom. The zero-order valence-corrected chi connectivity index (χ0v) is 6.74. The Kier molecular flexibility index (Phi) is 4.87. The van der Waals surface area contributed by atoms with E-state index < -0.39 is 0 Å². The molecule has 0 spiro atoms. The SMILES string of the molecule is CC(=O)C1=CC=C[AsH]1.[NaH]. The van der Waals surface area contributed by atoms with Crippen molar-refractivity contribution in [2.24, 2.45) is 0 Å². The normalized spacial score (nSPS) is 17.2. The Hall–Kier alpha value is 0.708. The minimum absolute atomic E-state index is 0. The Bertz CT molecular complexity index is 172. The molecule has 1 aliphatic heterocycles. The van der Waals surface area contributed by atoms with Crippen molar-refractivity contribution in [1.29, 1.82) is 0 Å². The van der Waals surface area contributed by atoms with Gasteiger partial charge in [0.1, 0.15) is 0 Å². The molecule has 0 N–H and O–H groups in total. The van der Waals surface area contributed by atoms with E-state index in [1.54, 1.807) is 6.92 Å². The summed E-state index contributed by atoms with van der Waals surface area (Å²) in [5.74, 6) is 0.245. The number of carbonyl (C=O) groups is 1. The third-order valence-corrected chi connectivity index (χ3v) is 3.47. The van der Waals surface area contributed by atoms with Gasteiger partial charge in [0.05, 0.1) is 0 Å². The summed E-state index contributed by atoms with van der Waals surface area (Å²) in [6, 6.07) is 0. The summed E-state index contributed by atoms with van der Waals surface area (Å²) in [7, 11) is 0. The Balaban J connectivity index is 0.000000640. The first-order valence-electron chi connectivity index (χ1n) is 2.45. The molecule has 1 rings (SSSR count). The Labute approximate surface area is 83.6 Å². The number of hydrogen-bond donors (Lipinski definition) is 0. The van der Waals surface area contributed by atoms with Gasteiger partial charge in [0.2, 0.25) is 0 Å². The minimum atomic E-state index is -0.150. The summed E-state index contributed by atoms with van der Waals surface area (Å²) in [5.41, 5.74) is 0. The Morgan fingerprint density at radius 3 is 2.56 bits per heavy atom. The van der Waals surface area contributed by atoms with E-state index in [0.717, 1.165) is 4.36 Å². The van der Waals surface area contributed by atoms with Crippen molar-refractivity contribution in [3.8, 4) is 0 Å². The first kappa shape index (κ1) is 9.71. The van der Waals surface area contributed by atoms with E-state index in [1.807, 2.05) is 12.2 Å². The zero-order chi connectivity index (χ0) is 5.98. The van der Waals surface area contributed by atoms with Gasteiger partial charge < -0.3 is 0 Å². The molecule has 0 fully saturated rings. The first-order valence-corrected chi connectivity index (χ1v) is 4.71. The third kappa shape index (κ3) is 2.86. The Morgan fingerprint density at radius 2 is 2.33 bits per heavy atom. The van der Waals surface area contributed by atoms with E-state index in [1.165, 1.54) is 0 Å². The predicted octanol–water partition coefficient (Wildman–Crippen LogP) is -0.225. The molecule has 1 atom stereocenters. The second kappa shape index (κ2) is 4.51. The molecule has 0 bridgehead atoms. The fraction of sp³-hybridized carbons (Fsp3) is 0.167. The zero-order valence-electron chi connectivity index (χ0n) is 4.64. The van der Waals surface area contributed by atoms with E-state index in [4.69, 9.17) is 0 Å².